The topological polar surface area (TPSA) is 139 Å². The van der Waals surface area contributed by atoms with Crippen molar-refractivity contribution in [2.75, 3.05) is 0 Å². The summed E-state index contributed by atoms with van der Waals surface area (Å²) in [5, 5.41) is 0. The van der Waals surface area contributed by atoms with E-state index in [-0.39, 0.29) is 7.43 Å². The maximum atomic E-state index is 10.1. The standard InChI is InChI=1S/C8H17.CH4.HO8P3.Sn/c1-3-5-7-8-6-4-2;;1-9(2)7-11(5,6)8-10(3)4;/h1,3-8H2,2H3;1H4;(H,5,6);/q;;;+3/p-1. The van der Waals surface area contributed by atoms with E-state index >= 15 is 0 Å². The third kappa shape index (κ3) is 26.3. The minimum atomic E-state index is -5.25. The van der Waals surface area contributed by atoms with Crippen LogP contribution in [-0.4, -0.2) is 22.5 Å². The minimum Gasteiger partial charge on any atom is -0.750 e. The molecule has 0 aromatic rings. The summed E-state index contributed by atoms with van der Waals surface area (Å²) in [5.41, 5.74) is 0. The summed E-state index contributed by atoms with van der Waals surface area (Å²) >= 11 is 1.71. The molecule has 0 fully saturated rings. The predicted molar refractivity (Wildman–Crippen MR) is 75.7 cm³/mol. The zero-order valence-corrected chi connectivity index (χ0v) is 16.6. The Bertz CT molecular complexity index is 302. The van der Waals surface area contributed by atoms with Gasteiger partial charge in [0.1, 0.15) is 0 Å². The first-order valence-corrected chi connectivity index (χ1v) is 11.6. The monoisotopic (exact) mass is 470 g/mol. The number of rotatable bonds is 10. The van der Waals surface area contributed by atoms with Crippen molar-refractivity contribution in [2.45, 2.75) is 57.3 Å². The van der Waals surface area contributed by atoms with Gasteiger partial charge in [0.05, 0.1) is 0 Å². The van der Waals surface area contributed by atoms with Gasteiger partial charge in [-0.25, -0.2) is 0 Å². The number of phosphoric acid groups is 1. The van der Waals surface area contributed by atoms with Gasteiger partial charge in [-0.2, -0.15) is 0 Å². The van der Waals surface area contributed by atoms with E-state index in [2.05, 4.69) is 15.5 Å². The maximum Gasteiger partial charge on any atom is 0.496 e. The average molecular weight is 469 g/mol. The molecule has 2 unspecified atom stereocenters. The van der Waals surface area contributed by atoms with Crippen molar-refractivity contribution in [1.29, 1.82) is 0 Å². The second-order valence-corrected chi connectivity index (χ2v) is 8.10. The van der Waals surface area contributed by atoms with Gasteiger partial charge in [0.15, 0.2) is 0 Å². The van der Waals surface area contributed by atoms with E-state index in [9.17, 15) is 28.4 Å². The Balaban J connectivity index is -0.000000300. The van der Waals surface area contributed by atoms with Crippen molar-refractivity contribution in [3.8, 4) is 0 Å². The zero-order chi connectivity index (χ0) is 16.0. The fourth-order valence-electron chi connectivity index (χ4n) is 1.08. The summed E-state index contributed by atoms with van der Waals surface area (Å²) < 4.78 is 36.8. The molecular weight excluding hydrogens is 448 g/mol. The summed E-state index contributed by atoms with van der Waals surface area (Å²) in [4.78, 5) is 29.2. The summed E-state index contributed by atoms with van der Waals surface area (Å²) in [7, 11) is -12.6. The Morgan fingerprint density at radius 3 is 1.71 bits per heavy atom. The third-order valence-electron chi connectivity index (χ3n) is 1.86. The Labute approximate surface area is 141 Å². The molecule has 0 saturated carbocycles. The van der Waals surface area contributed by atoms with Crippen LogP contribution in [0.4, 0.5) is 0 Å². The first-order chi connectivity index (χ1) is 9.25. The van der Waals surface area contributed by atoms with Crippen LogP contribution in [0.2, 0.25) is 4.44 Å². The van der Waals surface area contributed by atoms with E-state index in [0.717, 1.165) is 0 Å². The van der Waals surface area contributed by atoms with Crippen LogP contribution in [0.1, 0.15) is 52.9 Å². The second-order valence-electron chi connectivity index (χ2n) is 3.58. The molecule has 21 heavy (non-hydrogen) atoms. The zero-order valence-electron chi connectivity index (χ0n) is 11.1. The van der Waals surface area contributed by atoms with Gasteiger partial charge in [0.25, 0.3) is 0 Å². The molecule has 0 heterocycles. The van der Waals surface area contributed by atoms with E-state index < -0.39 is 24.3 Å². The van der Waals surface area contributed by atoms with Gasteiger partial charge in [-0.3, -0.25) is 4.57 Å². The maximum absolute atomic E-state index is 10.1. The molecule has 0 aromatic heterocycles. The summed E-state index contributed by atoms with van der Waals surface area (Å²) in [6.07, 6.45) is 8.71. The Hall–Kier alpha value is 1.03. The fraction of sp³-hybridized carbons (Fsp3) is 1.00. The molecule has 0 amide bonds. The predicted octanol–water partition coefficient (Wildman–Crippen LogP) is 2.09. The van der Waals surface area contributed by atoms with Crippen LogP contribution in [0.5, 0.6) is 0 Å². The van der Waals surface area contributed by atoms with E-state index in [1.807, 2.05) is 0 Å². The van der Waals surface area contributed by atoms with E-state index in [1.54, 1.807) is 22.5 Å². The summed E-state index contributed by atoms with van der Waals surface area (Å²) in [6.45, 7) is 2.27. The first-order valence-electron chi connectivity index (χ1n) is 5.89. The molecule has 0 aromatic carbocycles. The smallest absolute Gasteiger partial charge is 0.496 e. The number of hydrogen-bond donors (Lipinski definition) is 0. The van der Waals surface area contributed by atoms with Crippen LogP contribution in [0.25, 0.3) is 0 Å². The second kappa shape index (κ2) is 17.4. The van der Waals surface area contributed by atoms with Crippen molar-refractivity contribution in [3.63, 3.8) is 0 Å². The van der Waals surface area contributed by atoms with Crippen LogP contribution in [0.15, 0.2) is 0 Å². The van der Waals surface area contributed by atoms with Crippen molar-refractivity contribution >= 4 is 46.9 Å². The third-order valence-corrected chi connectivity index (χ3v) is 5.54. The Morgan fingerprint density at radius 1 is 1.00 bits per heavy atom. The molecule has 0 rings (SSSR count). The van der Waals surface area contributed by atoms with Gasteiger partial charge in [-0.05, 0) is 9.13 Å². The van der Waals surface area contributed by atoms with E-state index in [1.165, 1.54) is 43.0 Å². The molecule has 0 aliphatic carbocycles. The molecule has 0 bridgehead atoms. The molecule has 122 valence electrons. The van der Waals surface area contributed by atoms with E-state index in [4.69, 9.17) is 0 Å². The quantitative estimate of drug-likeness (QED) is 0.270. The average Bonchev–Trinajstić information content (AvgIpc) is 2.26. The van der Waals surface area contributed by atoms with E-state index in [0.29, 0.717) is 0 Å². The summed E-state index contributed by atoms with van der Waals surface area (Å²) in [5.74, 6) is 0. The van der Waals surface area contributed by atoms with Gasteiger partial charge < -0.3 is 14.7 Å². The molecule has 0 N–H and O–H groups in total. The molecule has 0 aliphatic heterocycles. The molecule has 0 radical (unpaired) electrons. The normalized spacial score (nSPS) is 14.2. The Kier molecular flexibility index (Phi) is 22.3. The van der Waals surface area contributed by atoms with Crippen LogP contribution in [0, 0.1) is 0 Å². The fourth-order valence-corrected chi connectivity index (χ4v) is 3.49. The van der Waals surface area contributed by atoms with Crippen molar-refractivity contribution in [3.05, 3.63) is 0 Å². The minimum absolute atomic E-state index is 0. The molecule has 2 atom stereocenters. The number of hydrogen-bond acceptors (Lipinski definition) is 8. The molecule has 12 heteroatoms. The van der Waals surface area contributed by atoms with Gasteiger partial charge in [-0.15, -0.1) is 0 Å². The molecular formula is C9H21O8P3Sn+2. The van der Waals surface area contributed by atoms with Gasteiger partial charge >= 0.3 is 96.7 Å². The number of unbranched alkanes of at least 4 members (excludes halogenated alkanes) is 5. The largest absolute Gasteiger partial charge is 0.750 e. The first kappa shape index (κ1) is 26.9. The van der Waals surface area contributed by atoms with Crippen LogP contribution in [-0.2, 0) is 22.3 Å². The Morgan fingerprint density at radius 2 is 1.38 bits per heavy atom. The van der Waals surface area contributed by atoms with Crippen molar-refractivity contribution in [2.24, 2.45) is 0 Å². The molecule has 8 nitrogen and oxygen atoms in total. The van der Waals surface area contributed by atoms with Crippen LogP contribution < -0.4 is 14.7 Å². The van der Waals surface area contributed by atoms with Crippen LogP contribution >= 0.6 is 24.3 Å². The SMILES string of the molecule is C.CCCCCCC[CH2][Sn+3].O=[P+]([O-])OP(=O)([O-])O[P+](=O)[O-]. The summed E-state index contributed by atoms with van der Waals surface area (Å²) in [6, 6.07) is 0. The van der Waals surface area contributed by atoms with Gasteiger partial charge in [0, 0.05) is 0 Å². The van der Waals surface area contributed by atoms with Crippen LogP contribution in [0.3, 0.4) is 0 Å². The van der Waals surface area contributed by atoms with Crippen molar-refractivity contribution in [1.82, 2.24) is 0 Å². The van der Waals surface area contributed by atoms with Gasteiger partial charge in [-0.1, -0.05) is 16.0 Å². The molecule has 0 spiro atoms. The molecule has 0 saturated heterocycles. The van der Waals surface area contributed by atoms with Crippen molar-refractivity contribution < 1.29 is 37.0 Å². The molecule has 0 aliphatic rings. The van der Waals surface area contributed by atoms with Gasteiger partial charge in [0.2, 0.25) is 0 Å².